The van der Waals surface area contributed by atoms with Crippen molar-refractivity contribution in [2.45, 2.75) is 49.2 Å². The van der Waals surface area contributed by atoms with Crippen LogP contribution in [-0.2, 0) is 4.79 Å². The molecule has 0 amide bonds. The summed E-state index contributed by atoms with van der Waals surface area (Å²) in [5.74, 6) is -0.671. The molecule has 0 bridgehead atoms. The average molecular weight is 343 g/mol. The van der Waals surface area contributed by atoms with Gasteiger partial charge in [0.1, 0.15) is 4.75 Å². The zero-order valence-electron chi connectivity index (χ0n) is 11.3. The van der Waals surface area contributed by atoms with Gasteiger partial charge in [-0.3, -0.25) is 4.79 Å². The quantitative estimate of drug-likeness (QED) is 0.821. The van der Waals surface area contributed by atoms with Crippen LogP contribution in [0.25, 0.3) is 0 Å². The molecular formula is C15H19BrO2S. The summed E-state index contributed by atoms with van der Waals surface area (Å²) in [5, 5.41) is 9.61. The van der Waals surface area contributed by atoms with Crippen LogP contribution in [0.4, 0.5) is 0 Å². The van der Waals surface area contributed by atoms with E-state index in [1.165, 1.54) is 11.8 Å². The molecule has 1 saturated carbocycles. The minimum absolute atomic E-state index is 0.234. The van der Waals surface area contributed by atoms with Crippen LogP contribution in [0.1, 0.15) is 39.5 Å². The van der Waals surface area contributed by atoms with Crippen LogP contribution in [0.5, 0.6) is 0 Å². The summed E-state index contributed by atoms with van der Waals surface area (Å²) in [6.45, 7) is 4.33. The van der Waals surface area contributed by atoms with Crippen molar-refractivity contribution >= 4 is 33.7 Å². The summed E-state index contributed by atoms with van der Waals surface area (Å²) in [5.41, 5.74) is 0.234. The van der Waals surface area contributed by atoms with Crippen molar-refractivity contribution in [3.05, 3.63) is 28.7 Å². The van der Waals surface area contributed by atoms with Gasteiger partial charge in [0.15, 0.2) is 0 Å². The van der Waals surface area contributed by atoms with Gasteiger partial charge in [-0.2, -0.15) is 0 Å². The van der Waals surface area contributed by atoms with Gasteiger partial charge in [-0.25, -0.2) is 0 Å². The highest BCUT2D eigenvalue weighted by atomic mass is 79.9. The molecule has 104 valence electrons. The maximum atomic E-state index is 11.7. The molecule has 4 heteroatoms. The Morgan fingerprint density at radius 3 is 2.47 bits per heavy atom. The van der Waals surface area contributed by atoms with E-state index in [1.54, 1.807) is 0 Å². The third-order valence-electron chi connectivity index (χ3n) is 4.32. The number of carboxylic acids is 1. The van der Waals surface area contributed by atoms with E-state index in [4.69, 9.17) is 0 Å². The molecule has 1 aliphatic rings. The Balaban J connectivity index is 2.18. The van der Waals surface area contributed by atoms with Gasteiger partial charge in [-0.05, 0) is 36.5 Å². The second kappa shape index (κ2) is 5.49. The molecule has 0 heterocycles. The maximum Gasteiger partial charge on any atom is 0.320 e. The fraction of sp³-hybridized carbons (Fsp3) is 0.533. The molecule has 0 atom stereocenters. The summed E-state index contributed by atoms with van der Waals surface area (Å²) in [7, 11) is 0. The molecule has 0 aliphatic heterocycles. The Labute approximate surface area is 127 Å². The number of thioether (sulfide) groups is 1. The summed E-state index contributed by atoms with van der Waals surface area (Å²) < 4.78 is 0.363. The minimum Gasteiger partial charge on any atom is -0.480 e. The smallest absolute Gasteiger partial charge is 0.320 e. The molecule has 1 N–H and O–H groups in total. The number of benzene rings is 1. The summed E-state index contributed by atoms with van der Waals surface area (Å²) in [6, 6.07) is 7.89. The molecule has 1 aliphatic carbocycles. The number of halogens is 1. The van der Waals surface area contributed by atoms with E-state index in [2.05, 4.69) is 29.8 Å². The number of hydrogen-bond donors (Lipinski definition) is 1. The van der Waals surface area contributed by atoms with Crippen molar-refractivity contribution in [3.8, 4) is 0 Å². The number of hydrogen-bond acceptors (Lipinski definition) is 2. The Morgan fingerprint density at radius 1 is 1.37 bits per heavy atom. The van der Waals surface area contributed by atoms with E-state index in [1.807, 2.05) is 24.3 Å². The van der Waals surface area contributed by atoms with Crippen LogP contribution in [0, 0.1) is 5.41 Å². The lowest BCUT2D eigenvalue weighted by molar-refractivity contribution is -0.147. The molecule has 1 aromatic carbocycles. The first-order valence-corrected chi connectivity index (χ1v) is 8.24. The first-order chi connectivity index (χ1) is 8.95. The predicted octanol–water partition coefficient (Wildman–Crippen LogP) is 4.96. The molecule has 2 nitrogen and oxygen atoms in total. The summed E-state index contributed by atoms with van der Waals surface area (Å²) in [4.78, 5) is 12.7. The first kappa shape index (κ1) is 14.9. The third-order valence-corrected chi connectivity index (χ3v) is 6.16. The van der Waals surface area contributed by atoms with E-state index < -0.39 is 10.7 Å². The zero-order valence-corrected chi connectivity index (χ0v) is 13.7. The molecule has 0 unspecified atom stereocenters. The lowest BCUT2D eigenvalue weighted by Gasteiger charge is -2.53. The van der Waals surface area contributed by atoms with Crippen LogP contribution in [0.2, 0.25) is 0 Å². The van der Waals surface area contributed by atoms with E-state index >= 15 is 0 Å². The van der Waals surface area contributed by atoms with E-state index in [0.717, 1.165) is 35.1 Å². The van der Waals surface area contributed by atoms with Gasteiger partial charge in [0.25, 0.3) is 0 Å². The lowest BCUT2D eigenvalue weighted by atomic mass is 9.58. The predicted molar refractivity (Wildman–Crippen MR) is 82.6 cm³/mol. The van der Waals surface area contributed by atoms with Crippen molar-refractivity contribution in [1.82, 2.24) is 0 Å². The summed E-state index contributed by atoms with van der Waals surface area (Å²) >= 11 is 4.94. The molecule has 0 saturated heterocycles. The van der Waals surface area contributed by atoms with Crippen LogP contribution >= 0.6 is 27.7 Å². The SMILES string of the molecule is CCC1(CC)CC(Sc2cccc(Br)c2)(C(=O)O)C1. The molecular weight excluding hydrogens is 324 g/mol. The fourth-order valence-electron chi connectivity index (χ4n) is 2.93. The second-order valence-electron chi connectivity index (χ2n) is 5.42. The van der Waals surface area contributed by atoms with Gasteiger partial charge in [0, 0.05) is 9.37 Å². The Bertz CT molecular complexity index is 475. The number of rotatable bonds is 5. The van der Waals surface area contributed by atoms with Crippen LogP contribution in [0.3, 0.4) is 0 Å². The zero-order chi connectivity index (χ0) is 14.1. The lowest BCUT2D eigenvalue weighted by Crippen LogP contribution is -2.54. The van der Waals surface area contributed by atoms with Gasteiger partial charge >= 0.3 is 5.97 Å². The van der Waals surface area contributed by atoms with Crippen LogP contribution < -0.4 is 0 Å². The third kappa shape index (κ3) is 2.84. The number of carbonyl (C=O) groups is 1. The van der Waals surface area contributed by atoms with Gasteiger partial charge in [-0.1, -0.05) is 48.7 Å². The largest absolute Gasteiger partial charge is 0.480 e. The van der Waals surface area contributed by atoms with E-state index in [9.17, 15) is 9.90 Å². The maximum absolute atomic E-state index is 11.7. The molecule has 1 aromatic rings. The molecule has 0 radical (unpaired) electrons. The van der Waals surface area contributed by atoms with E-state index in [-0.39, 0.29) is 5.41 Å². The van der Waals surface area contributed by atoms with Gasteiger partial charge in [0.2, 0.25) is 0 Å². The van der Waals surface area contributed by atoms with Crippen molar-refractivity contribution in [2.24, 2.45) is 5.41 Å². The van der Waals surface area contributed by atoms with Crippen molar-refractivity contribution in [2.75, 3.05) is 0 Å². The molecule has 1 fully saturated rings. The highest BCUT2D eigenvalue weighted by molar-refractivity contribution is 9.10. The van der Waals surface area contributed by atoms with Gasteiger partial charge in [0.05, 0.1) is 0 Å². The van der Waals surface area contributed by atoms with Crippen LogP contribution in [-0.4, -0.2) is 15.8 Å². The average Bonchev–Trinajstić information content (AvgIpc) is 2.33. The van der Waals surface area contributed by atoms with E-state index in [0.29, 0.717) is 0 Å². The van der Waals surface area contributed by atoms with Gasteiger partial charge < -0.3 is 5.11 Å². The number of aliphatic carboxylic acids is 1. The fourth-order valence-corrected chi connectivity index (χ4v) is 5.11. The standard InChI is InChI=1S/C15H19BrO2S/c1-3-14(4-2)9-15(10-14,13(17)18)19-12-7-5-6-11(16)8-12/h5-8H,3-4,9-10H2,1-2H3,(H,17,18). The Kier molecular flexibility index (Phi) is 4.31. The molecule has 0 aromatic heterocycles. The van der Waals surface area contributed by atoms with Crippen molar-refractivity contribution < 1.29 is 9.90 Å². The first-order valence-electron chi connectivity index (χ1n) is 6.63. The van der Waals surface area contributed by atoms with Crippen LogP contribution in [0.15, 0.2) is 33.6 Å². The molecule has 2 rings (SSSR count). The molecule has 19 heavy (non-hydrogen) atoms. The Hall–Kier alpha value is -0.480. The van der Waals surface area contributed by atoms with Crippen molar-refractivity contribution in [3.63, 3.8) is 0 Å². The molecule has 0 spiro atoms. The number of carboxylic acid groups (broad SMARTS) is 1. The Morgan fingerprint density at radius 2 is 2.00 bits per heavy atom. The topological polar surface area (TPSA) is 37.3 Å². The van der Waals surface area contributed by atoms with Gasteiger partial charge in [-0.15, -0.1) is 11.8 Å². The minimum atomic E-state index is -0.671. The second-order valence-corrected chi connectivity index (χ2v) is 7.79. The highest BCUT2D eigenvalue weighted by Crippen LogP contribution is 2.60. The normalized spacial score (nSPS) is 19.7. The van der Waals surface area contributed by atoms with Crippen molar-refractivity contribution in [1.29, 1.82) is 0 Å². The highest BCUT2D eigenvalue weighted by Gasteiger charge is 2.57. The summed E-state index contributed by atoms with van der Waals surface area (Å²) in [6.07, 6.45) is 3.69. The monoisotopic (exact) mass is 342 g/mol.